The normalized spacial score (nSPS) is 12.5. The van der Waals surface area contributed by atoms with E-state index in [0.717, 1.165) is 5.56 Å². The molecule has 0 bridgehead atoms. The number of quaternary nitrogens is 1. The minimum absolute atomic E-state index is 0.681. The molecule has 0 amide bonds. The van der Waals surface area contributed by atoms with E-state index in [-0.39, 0.29) is 0 Å². The molecule has 3 N–H and O–H groups in total. The molecule has 0 aromatic heterocycles. The second-order valence-corrected chi connectivity index (χ2v) is 2.78. The summed E-state index contributed by atoms with van der Waals surface area (Å²) in [6, 6.07) is 6.45. The monoisotopic (exact) mass is 165 g/mol. The van der Waals surface area contributed by atoms with Gasteiger partial charge in [0.05, 0.1) is 0 Å². The van der Waals surface area contributed by atoms with Gasteiger partial charge in [0.15, 0.2) is 6.04 Å². The van der Waals surface area contributed by atoms with E-state index in [2.05, 4.69) is 5.73 Å². The molecule has 0 saturated carbocycles. The van der Waals surface area contributed by atoms with Gasteiger partial charge < -0.3 is 15.6 Å². The number of carboxylic acids is 1. The highest BCUT2D eigenvalue weighted by atomic mass is 16.4. The van der Waals surface area contributed by atoms with E-state index in [1.165, 1.54) is 0 Å². The maximum Gasteiger partial charge on any atom is 0.150 e. The molecule has 0 radical (unpaired) electrons. The first-order valence-corrected chi connectivity index (χ1v) is 3.72. The summed E-state index contributed by atoms with van der Waals surface area (Å²) in [7, 11) is 0. The van der Waals surface area contributed by atoms with E-state index in [0.29, 0.717) is 5.56 Å². The first-order chi connectivity index (χ1) is 5.61. The van der Waals surface area contributed by atoms with Crippen molar-refractivity contribution in [3.05, 3.63) is 35.4 Å². The van der Waals surface area contributed by atoms with Gasteiger partial charge in [-0.3, -0.25) is 0 Å². The number of hydrogen-bond donors (Lipinski definition) is 1. The fraction of sp³-hybridized carbons (Fsp3) is 0.222. The van der Waals surface area contributed by atoms with Crippen molar-refractivity contribution >= 4 is 5.97 Å². The summed E-state index contributed by atoms with van der Waals surface area (Å²) in [5, 5.41) is 10.4. The SMILES string of the molecule is Cc1ccc([C@@H]([NH3+])C(=O)[O-])cc1. The molecule has 0 unspecified atom stereocenters. The van der Waals surface area contributed by atoms with Gasteiger partial charge in [0.25, 0.3) is 0 Å². The zero-order valence-corrected chi connectivity index (χ0v) is 6.91. The van der Waals surface area contributed by atoms with Crippen molar-refractivity contribution in [1.82, 2.24) is 0 Å². The molecule has 12 heavy (non-hydrogen) atoms. The third-order valence-electron chi connectivity index (χ3n) is 1.76. The van der Waals surface area contributed by atoms with Gasteiger partial charge in [-0.2, -0.15) is 0 Å². The lowest BCUT2D eigenvalue weighted by Crippen LogP contribution is -2.60. The molecule has 0 aliphatic carbocycles. The van der Waals surface area contributed by atoms with Crippen LogP contribution < -0.4 is 10.8 Å². The summed E-state index contributed by atoms with van der Waals surface area (Å²) in [5.74, 6) is -1.14. The van der Waals surface area contributed by atoms with Gasteiger partial charge in [-0.05, 0) is 6.92 Å². The van der Waals surface area contributed by atoms with E-state index in [1.807, 2.05) is 19.1 Å². The number of rotatable bonds is 2. The maximum absolute atomic E-state index is 10.4. The second kappa shape index (κ2) is 3.36. The largest absolute Gasteiger partial charge is 0.544 e. The Morgan fingerprint density at radius 3 is 2.33 bits per heavy atom. The average Bonchev–Trinajstić information content (AvgIpc) is 2.04. The fourth-order valence-corrected chi connectivity index (χ4v) is 0.935. The number of carbonyl (C=O) groups excluding carboxylic acids is 1. The molecule has 0 aliphatic heterocycles. The first kappa shape index (κ1) is 8.74. The Balaban J connectivity index is 2.89. The Kier molecular flexibility index (Phi) is 2.45. The van der Waals surface area contributed by atoms with Crippen LogP contribution in [0.2, 0.25) is 0 Å². The van der Waals surface area contributed by atoms with Crippen LogP contribution in [0.3, 0.4) is 0 Å². The smallest absolute Gasteiger partial charge is 0.150 e. The van der Waals surface area contributed by atoms with Crippen LogP contribution in [-0.4, -0.2) is 5.97 Å². The number of aryl methyl sites for hydroxylation is 1. The number of benzene rings is 1. The van der Waals surface area contributed by atoms with Gasteiger partial charge in [-0.15, -0.1) is 0 Å². The minimum Gasteiger partial charge on any atom is -0.544 e. The summed E-state index contributed by atoms with van der Waals surface area (Å²) in [6.07, 6.45) is 0. The summed E-state index contributed by atoms with van der Waals surface area (Å²) in [5.41, 5.74) is 5.26. The van der Waals surface area contributed by atoms with Crippen LogP contribution in [-0.2, 0) is 4.79 Å². The molecule has 0 spiro atoms. The van der Waals surface area contributed by atoms with Crippen LogP contribution >= 0.6 is 0 Å². The summed E-state index contributed by atoms with van der Waals surface area (Å²) >= 11 is 0. The lowest BCUT2D eigenvalue weighted by molar-refractivity contribution is -0.443. The van der Waals surface area contributed by atoms with Crippen molar-refractivity contribution in [2.24, 2.45) is 0 Å². The zero-order chi connectivity index (χ0) is 9.14. The number of carbonyl (C=O) groups is 1. The number of carboxylic acid groups (broad SMARTS) is 1. The summed E-state index contributed by atoms with van der Waals surface area (Å²) < 4.78 is 0. The van der Waals surface area contributed by atoms with E-state index in [4.69, 9.17) is 0 Å². The molecule has 0 heterocycles. The van der Waals surface area contributed by atoms with Gasteiger partial charge >= 0.3 is 0 Å². The molecule has 1 rings (SSSR count). The van der Waals surface area contributed by atoms with Gasteiger partial charge in [-0.25, -0.2) is 0 Å². The quantitative estimate of drug-likeness (QED) is 0.612. The third-order valence-corrected chi connectivity index (χ3v) is 1.76. The summed E-state index contributed by atoms with van der Waals surface area (Å²) in [6.45, 7) is 1.95. The van der Waals surface area contributed by atoms with Crippen LogP contribution in [0.4, 0.5) is 0 Å². The predicted molar refractivity (Wildman–Crippen MR) is 41.8 cm³/mol. The Morgan fingerprint density at radius 1 is 1.42 bits per heavy atom. The van der Waals surface area contributed by atoms with Gasteiger partial charge in [0, 0.05) is 5.56 Å². The molecule has 3 nitrogen and oxygen atoms in total. The predicted octanol–water partition coefficient (Wildman–Crippen LogP) is -0.972. The third kappa shape index (κ3) is 1.83. The Morgan fingerprint density at radius 2 is 1.92 bits per heavy atom. The minimum atomic E-state index is -1.14. The van der Waals surface area contributed by atoms with Crippen LogP contribution in [0.15, 0.2) is 24.3 Å². The van der Waals surface area contributed by atoms with Crippen molar-refractivity contribution in [1.29, 1.82) is 0 Å². The lowest BCUT2D eigenvalue weighted by atomic mass is 10.1. The highest BCUT2D eigenvalue weighted by Crippen LogP contribution is 2.08. The topological polar surface area (TPSA) is 67.8 Å². The van der Waals surface area contributed by atoms with Gasteiger partial charge in [-0.1, -0.05) is 29.8 Å². The van der Waals surface area contributed by atoms with Crippen molar-refractivity contribution in [2.45, 2.75) is 13.0 Å². The molecule has 3 heteroatoms. The molecule has 64 valence electrons. The molecule has 0 aliphatic rings. The molecular weight excluding hydrogens is 154 g/mol. The molecule has 0 fully saturated rings. The number of aliphatic carboxylic acids is 1. The molecule has 1 aromatic rings. The van der Waals surface area contributed by atoms with Gasteiger partial charge in [0.2, 0.25) is 0 Å². The molecule has 0 saturated heterocycles. The zero-order valence-electron chi connectivity index (χ0n) is 6.91. The van der Waals surface area contributed by atoms with Crippen LogP contribution in [0, 0.1) is 6.92 Å². The Labute approximate surface area is 70.8 Å². The Hall–Kier alpha value is -1.35. The van der Waals surface area contributed by atoms with Gasteiger partial charge in [0.1, 0.15) is 5.97 Å². The maximum atomic E-state index is 10.4. The first-order valence-electron chi connectivity index (χ1n) is 3.72. The van der Waals surface area contributed by atoms with Crippen molar-refractivity contribution in [2.75, 3.05) is 0 Å². The van der Waals surface area contributed by atoms with E-state index in [9.17, 15) is 9.90 Å². The van der Waals surface area contributed by atoms with Crippen molar-refractivity contribution in [3.8, 4) is 0 Å². The fourth-order valence-electron chi connectivity index (χ4n) is 0.935. The molecule has 1 atom stereocenters. The highest BCUT2D eigenvalue weighted by Gasteiger charge is 2.08. The Bertz CT molecular complexity index is 279. The number of hydrogen-bond acceptors (Lipinski definition) is 2. The lowest BCUT2D eigenvalue weighted by Gasteiger charge is -2.09. The molecule has 1 aromatic carbocycles. The van der Waals surface area contributed by atoms with Crippen LogP contribution in [0.1, 0.15) is 17.2 Å². The van der Waals surface area contributed by atoms with E-state index < -0.39 is 12.0 Å². The summed E-state index contributed by atoms with van der Waals surface area (Å²) in [4.78, 5) is 10.4. The standard InChI is InChI=1S/C9H11NO2/c1-6-2-4-7(5-3-6)8(10)9(11)12/h2-5,8H,10H2,1H3,(H,11,12)/t8-/m1/s1. The van der Waals surface area contributed by atoms with Crippen LogP contribution in [0.5, 0.6) is 0 Å². The van der Waals surface area contributed by atoms with Crippen molar-refractivity contribution < 1.29 is 15.6 Å². The highest BCUT2D eigenvalue weighted by molar-refractivity contribution is 5.71. The average molecular weight is 165 g/mol. The van der Waals surface area contributed by atoms with E-state index >= 15 is 0 Å². The molecular formula is C9H11NO2. The van der Waals surface area contributed by atoms with Crippen molar-refractivity contribution in [3.63, 3.8) is 0 Å². The van der Waals surface area contributed by atoms with Crippen LogP contribution in [0.25, 0.3) is 0 Å². The van der Waals surface area contributed by atoms with E-state index in [1.54, 1.807) is 12.1 Å². The second-order valence-electron chi connectivity index (χ2n) is 2.78.